The van der Waals surface area contributed by atoms with Crippen molar-refractivity contribution >= 4 is 17.4 Å². The minimum absolute atomic E-state index is 0.197. The van der Waals surface area contributed by atoms with E-state index < -0.39 is 0 Å². The van der Waals surface area contributed by atoms with Crippen molar-refractivity contribution in [2.24, 2.45) is 0 Å². The lowest BCUT2D eigenvalue weighted by Gasteiger charge is -2.35. The molecule has 7 nitrogen and oxygen atoms in total. The first kappa shape index (κ1) is 17.5. The van der Waals surface area contributed by atoms with E-state index in [0.29, 0.717) is 19.5 Å². The van der Waals surface area contributed by atoms with Crippen LogP contribution >= 0.6 is 0 Å². The Labute approximate surface area is 158 Å². The summed E-state index contributed by atoms with van der Waals surface area (Å²) >= 11 is 0. The van der Waals surface area contributed by atoms with Gasteiger partial charge in [-0.2, -0.15) is 4.52 Å². The van der Waals surface area contributed by atoms with Gasteiger partial charge in [0.25, 0.3) is 0 Å². The van der Waals surface area contributed by atoms with Crippen molar-refractivity contribution < 1.29 is 4.79 Å². The van der Waals surface area contributed by atoms with Gasteiger partial charge in [0, 0.05) is 26.2 Å². The molecule has 0 unspecified atom stereocenters. The fourth-order valence-corrected chi connectivity index (χ4v) is 3.57. The summed E-state index contributed by atoms with van der Waals surface area (Å²) < 4.78 is 1.68. The highest BCUT2D eigenvalue weighted by Gasteiger charge is 2.22. The van der Waals surface area contributed by atoms with E-state index in [0.717, 1.165) is 36.5 Å². The Morgan fingerprint density at radius 1 is 1.11 bits per heavy atom. The van der Waals surface area contributed by atoms with E-state index in [-0.39, 0.29) is 5.91 Å². The minimum Gasteiger partial charge on any atom is -0.352 e. The van der Waals surface area contributed by atoms with Gasteiger partial charge >= 0.3 is 0 Å². The van der Waals surface area contributed by atoms with Crippen molar-refractivity contribution in [1.82, 2.24) is 24.7 Å². The second kappa shape index (κ2) is 7.34. The van der Waals surface area contributed by atoms with Gasteiger partial charge in [0.15, 0.2) is 5.65 Å². The Balaban J connectivity index is 1.37. The number of carbonyl (C=O) groups is 1. The molecule has 3 aromatic rings. The molecule has 0 atom stereocenters. The van der Waals surface area contributed by atoms with Crippen LogP contribution in [0.5, 0.6) is 0 Å². The van der Waals surface area contributed by atoms with Gasteiger partial charge < -0.3 is 9.80 Å². The highest BCUT2D eigenvalue weighted by Crippen LogP contribution is 2.16. The van der Waals surface area contributed by atoms with E-state index in [1.165, 1.54) is 11.1 Å². The van der Waals surface area contributed by atoms with Gasteiger partial charge in [0.2, 0.25) is 5.91 Å². The van der Waals surface area contributed by atoms with Gasteiger partial charge in [-0.3, -0.25) is 4.79 Å². The molecule has 1 fully saturated rings. The molecular formula is C20H24N6O. The first-order valence-corrected chi connectivity index (χ1v) is 9.42. The summed E-state index contributed by atoms with van der Waals surface area (Å²) in [4.78, 5) is 16.9. The number of aryl methyl sites for hydroxylation is 2. The molecule has 1 saturated heterocycles. The summed E-state index contributed by atoms with van der Waals surface area (Å²) in [6.45, 7) is 7.26. The molecule has 1 aliphatic heterocycles. The van der Waals surface area contributed by atoms with E-state index in [1.807, 2.05) is 17.0 Å². The Morgan fingerprint density at radius 2 is 1.93 bits per heavy atom. The van der Waals surface area contributed by atoms with Crippen LogP contribution < -0.4 is 4.90 Å². The molecule has 3 heterocycles. The monoisotopic (exact) mass is 364 g/mol. The minimum atomic E-state index is 0.197. The molecule has 1 amide bonds. The predicted octanol–water partition coefficient (Wildman–Crippen LogP) is 1.89. The van der Waals surface area contributed by atoms with Gasteiger partial charge in [-0.15, -0.1) is 15.3 Å². The van der Waals surface area contributed by atoms with Crippen molar-refractivity contribution in [3.8, 4) is 0 Å². The molecule has 1 aliphatic rings. The number of rotatable bonds is 4. The number of nitrogens with zero attached hydrogens (tertiary/aromatic N) is 6. The van der Waals surface area contributed by atoms with Crippen molar-refractivity contribution in [3.05, 3.63) is 53.3 Å². The number of benzene rings is 1. The zero-order valence-corrected chi connectivity index (χ0v) is 15.8. The summed E-state index contributed by atoms with van der Waals surface area (Å²) in [7, 11) is 0. The van der Waals surface area contributed by atoms with Crippen LogP contribution in [0.3, 0.4) is 0 Å². The Hall–Kier alpha value is -2.96. The van der Waals surface area contributed by atoms with Crippen LogP contribution in [0.4, 0.5) is 5.82 Å². The van der Waals surface area contributed by atoms with Gasteiger partial charge in [-0.1, -0.05) is 25.1 Å². The molecule has 4 rings (SSSR count). The van der Waals surface area contributed by atoms with Crippen LogP contribution in [0.2, 0.25) is 0 Å². The van der Waals surface area contributed by atoms with Gasteiger partial charge in [-0.25, -0.2) is 0 Å². The molecule has 0 N–H and O–H groups in total. The molecule has 0 aliphatic carbocycles. The fourth-order valence-electron chi connectivity index (χ4n) is 3.57. The van der Waals surface area contributed by atoms with Gasteiger partial charge in [0.1, 0.15) is 12.1 Å². The van der Waals surface area contributed by atoms with E-state index >= 15 is 0 Å². The van der Waals surface area contributed by atoms with Crippen molar-refractivity contribution in [2.75, 3.05) is 31.1 Å². The first-order valence-electron chi connectivity index (χ1n) is 9.42. The van der Waals surface area contributed by atoms with Gasteiger partial charge in [-0.05, 0) is 42.2 Å². The van der Waals surface area contributed by atoms with Crippen LogP contribution in [-0.4, -0.2) is 56.8 Å². The van der Waals surface area contributed by atoms with E-state index in [2.05, 4.69) is 52.2 Å². The standard InChI is InChI=1S/C20H24N6O/c1-3-17-12-16(5-4-15(17)2)13-20(27)25-10-8-24(9-11-25)19-7-6-18-22-21-14-26(18)23-19/h4-7,12,14H,3,8-11,13H2,1-2H3. The molecular weight excluding hydrogens is 340 g/mol. The van der Waals surface area contributed by atoms with Crippen LogP contribution in [-0.2, 0) is 17.6 Å². The summed E-state index contributed by atoms with van der Waals surface area (Å²) in [5, 5.41) is 12.4. The number of fused-ring (bicyclic) bond motifs is 1. The number of anilines is 1. The molecule has 27 heavy (non-hydrogen) atoms. The van der Waals surface area contributed by atoms with Crippen LogP contribution in [0.1, 0.15) is 23.6 Å². The number of carbonyl (C=O) groups excluding carboxylic acids is 1. The number of piperazine rings is 1. The van der Waals surface area contributed by atoms with Gasteiger partial charge in [0.05, 0.1) is 6.42 Å². The highest BCUT2D eigenvalue weighted by molar-refractivity contribution is 5.79. The average molecular weight is 364 g/mol. The maximum absolute atomic E-state index is 12.7. The number of hydrogen-bond acceptors (Lipinski definition) is 5. The molecule has 1 aromatic carbocycles. The molecule has 0 saturated carbocycles. The third-order valence-electron chi connectivity index (χ3n) is 5.25. The number of amides is 1. The third kappa shape index (κ3) is 3.63. The Bertz CT molecular complexity index is 958. The predicted molar refractivity (Wildman–Crippen MR) is 104 cm³/mol. The molecule has 0 bridgehead atoms. The zero-order valence-electron chi connectivity index (χ0n) is 15.8. The Kier molecular flexibility index (Phi) is 4.75. The summed E-state index contributed by atoms with van der Waals surface area (Å²) in [5.74, 6) is 1.09. The third-order valence-corrected chi connectivity index (χ3v) is 5.25. The van der Waals surface area contributed by atoms with Crippen molar-refractivity contribution in [2.45, 2.75) is 26.7 Å². The summed E-state index contributed by atoms with van der Waals surface area (Å²) in [6.07, 6.45) is 3.07. The lowest BCUT2D eigenvalue weighted by atomic mass is 10.0. The zero-order chi connectivity index (χ0) is 18.8. The fraction of sp³-hybridized carbons (Fsp3) is 0.400. The molecule has 7 heteroatoms. The average Bonchev–Trinajstić information content (AvgIpc) is 3.17. The van der Waals surface area contributed by atoms with Crippen molar-refractivity contribution in [1.29, 1.82) is 0 Å². The molecule has 2 aromatic heterocycles. The second-order valence-electron chi connectivity index (χ2n) is 6.98. The van der Waals surface area contributed by atoms with Crippen LogP contribution in [0.25, 0.3) is 5.65 Å². The second-order valence-corrected chi connectivity index (χ2v) is 6.98. The largest absolute Gasteiger partial charge is 0.352 e. The maximum Gasteiger partial charge on any atom is 0.227 e. The summed E-state index contributed by atoms with van der Waals surface area (Å²) in [5.41, 5.74) is 4.45. The van der Waals surface area contributed by atoms with E-state index in [4.69, 9.17) is 0 Å². The molecule has 0 spiro atoms. The molecule has 140 valence electrons. The lowest BCUT2D eigenvalue weighted by molar-refractivity contribution is -0.130. The van der Waals surface area contributed by atoms with E-state index in [1.54, 1.807) is 10.8 Å². The topological polar surface area (TPSA) is 66.6 Å². The number of aromatic nitrogens is 4. The maximum atomic E-state index is 12.7. The smallest absolute Gasteiger partial charge is 0.227 e. The normalized spacial score (nSPS) is 14.7. The summed E-state index contributed by atoms with van der Waals surface area (Å²) in [6, 6.07) is 10.2. The number of hydrogen-bond donors (Lipinski definition) is 0. The first-order chi connectivity index (χ1) is 13.1. The lowest BCUT2D eigenvalue weighted by Crippen LogP contribution is -2.49. The van der Waals surface area contributed by atoms with Crippen molar-refractivity contribution in [3.63, 3.8) is 0 Å². The quantitative estimate of drug-likeness (QED) is 0.707. The van der Waals surface area contributed by atoms with E-state index in [9.17, 15) is 4.79 Å². The highest BCUT2D eigenvalue weighted by atomic mass is 16.2. The van der Waals surface area contributed by atoms with Crippen LogP contribution in [0, 0.1) is 6.92 Å². The Morgan fingerprint density at radius 3 is 2.70 bits per heavy atom. The van der Waals surface area contributed by atoms with Crippen LogP contribution in [0.15, 0.2) is 36.7 Å². The molecule has 0 radical (unpaired) electrons. The SMILES string of the molecule is CCc1cc(CC(=O)N2CCN(c3ccc4nncn4n3)CC2)ccc1C.